The molecule has 4 rings (SSSR count). The van der Waals surface area contributed by atoms with E-state index in [0.29, 0.717) is 31.6 Å². The van der Waals surface area contributed by atoms with Crippen LogP contribution in [-0.2, 0) is 19.0 Å². The van der Waals surface area contributed by atoms with Gasteiger partial charge in [0.15, 0.2) is 6.23 Å². The van der Waals surface area contributed by atoms with Crippen LogP contribution in [0, 0.1) is 17.8 Å². The lowest BCUT2D eigenvalue weighted by Gasteiger charge is -2.31. The van der Waals surface area contributed by atoms with E-state index in [9.17, 15) is 18.0 Å². The summed E-state index contributed by atoms with van der Waals surface area (Å²) in [4.78, 5) is 24.1. The zero-order chi connectivity index (χ0) is 23.8. The number of carbonyl (C=O) groups is 1. The molecule has 0 aromatic rings. The average molecular weight is 470 g/mol. The number of fused-ring (bicyclic) bond motifs is 1. The Labute approximate surface area is 190 Å². The number of amides is 1. The maximum atomic E-state index is 13.2. The Morgan fingerprint density at radius 1 is 1.24 bits per heavy atom. The molecule has 0 radical (unpaired) electrons. The van der Waals surface area contributed by atoms with Gasteiger partial charge in [0.25, 0.3) is 0 Å². The summed E-state index contributed by atoms with van der Waals surface area (Å²) in [6, 6.07) is 0. The van der Waals surface area contributed by atoms with Crippen LogP contribution in [0.5, 0.6) is 0 Å². The predicted molar refractivity (Wildman–Crippen MR) is 115 cm³/mol. The van der Waals surface area contributed by atoms with Crippen LogP contribution in [0.25, 0.3) is 0 Å². The van der Waals surface area contributed by atoms with Crippen molar-refractivity contribution in [2.24, 2.45) is 27.7 Å². The first-order valence-corrected chi connectivity index (χ1v) is 11.0. The Hall–Kier alpha value is -2.08. The van der Waals surface area contributed by atoms with Gasteiger partial charge in [-0.3, -0.25) is 20.1 Å². The van der Waals surface area contributed by atoms with Gasteiger partial charge in [-0.15, -0.1) is 0 Å². The quantitative estimate of drug-likeness (QED) is 0.644. The van der Waals surface area contributed by atoms with E-state index in [0.717, 1.165) is 11.4 Å². The Morgan fingerprint density at radius 3 is 2.73 bits per heavy atom. The number of carbonyl (C=O) groups excluding carboxylic acids is 1. The number of nitrogens with zero attached hydrogens (tertiary/aromatic N) is 3. The number of methoxy groups -OCH3 is 2. The predicted octanol–water partition coefficient (Wildman–Crippen LogP) is 2.28. The topological polar surface area (TPSA) is 84.8 Å². The molecule has 6 atom stereocenters. The maximum absolute atomic E-state index is 13.2. The van der Waals surface area contributed by atoms with Crippen molar-refractivity contribution in [3.8, 4) is 0 Å². The summed E-state index contributed by atoms with van der Waals surface area (Å²) < 4.78 is 53.3. The second-order valence-electron chi connectivity index (χ2n) is 8.71. The third-order valence-electron chi connectivity index (χ3n) is 6.43. The van der Waals surface area contributed by atoms with Gasteiger partial charge in [-0.2, -0.15) is 13.2 Å². The number of halogens is 3. The molecule has 0 bridgehead atoms. The number of allylic oxidation sites excluding steroid dienone is 2. The monoisotopic (exact) mass is 470 g/mol. The number of hydrogen-bond acceptors (Lipinski definition) is 7. The molecular weight excluding hydrogens is 441 g/mol. The van der Waals surface area contributed by atoms with Crippen molar-refractivity contribution < 1.29 is 32.2 Å². The normalized spacial score (nSPS) is 34.7. The Bertz CT molecular complexity index is 885. The number of ether oxygens (including phenoxy) is 3. The second kappa shape index (κ2) is 9.65. The molecule has 11 heteroatoms. The summed E-state index contributed by atoms with van der Waals surface area (Å²) in [5.41, 5.74) is 2.29. The molecule has 182 valence electrons. The lowest BCUT2D eigenvalue weighted by molar-refractivity contribution is -0.183. The molecule has 6 unspecified atom stereocenters. The molecule has 0 saturated carbocycles. The smallest absolute Gasteiger partial charge is 0.377 e. The first kappa shape index (κ1) is 24.1. The zero-order valence-electron chi connectivity index (χ0n) is 18.8. The van der Waals surface area contributed by atoms with Gasteiger partial charge in [0, 0.05) is 50.7 Å². The number of aliphatic imine (C=N–C) groups is 2. The fourth-order valence-corrected chi connectivity index (χ4v) is 4.81. The van der Waals surface area contributed by atoms with E-state index >= 15 is 0 Å². The average Bonchev–Trinajstić information content (AvgIpc) is 3.13. The Morgan fingerprint density at radius 2 is 2.03 bits per heavy atom. The summed E-state index contributed by atoms with van der Waals surface area (Å²) in [5, 5.41) is 2.89. The van der Waals surface area contributed by atoms with Crippen LogP contribution in [0.3, 0.4) is 0 Å². The molecule has 8 nitrogen and oxygen atoms in total. The van der Waals surface area contributed by atoms with E-state index in [1.165, 1.54) is 0 Å². The summed E-state index contributed by atoms with van der Waals surface area (Å²) in [6.45, 7) is 1.38. The van der Waals surface area contributed by atoms with E-state index < -0.39 is 19.0 Å². The molecule has 0 aromatic carbocycles. The van der Waals surface area contributed by atoms with Crippen molar-refractivity contribution in [2.75, 3.05) is 33.9 Å². The SMILES string of the molecule is COC1CC(C2=CC(C)C3C(=O)N(C4=CC(OCC(F)(F)F)NCC4)CC3=N2)C=NC1OC. The van der Waals surface area contributed by atoms with Gasteiger partial charge in [-0.05, 0) is 18.4 Å². The molecule has 33 heavy (non-hydrogen) atoms. The van der Waals surface area contributed by atoms with Crippen LogP contribution in [0.4, 0.5) is 13.2 Å². The van der Waals surface area contributed by atoms with Crippen molar-refractivity contribution in [1.82, 2.24) is 10.2 Å². The van der Waals surface area contributed by atoms with Crippen molar-refractivity contribution in [3.05, 3.63) is 23.5 Å². The van der Waals surface area contributed by atoms with Crippen LogP contribution in [-0.4, -0.2) is 81.4 Å². The minimum Gasteiger partial charge on any atom is -0.377 e. The lowest BCUT2D eigenvalue weighted by Crippen LogP contribution is -2.40. The van der Waals surface area contributed by atoms with Crippen molar-refractivity contribution >= 4 is 17.8 Å². The molecule has 1 fully saturated rings. The van der Waals surface area contributed by atoms with Gasteiger partial charge in [0.05, 0.1) is 18.2 Å². The van der Waals surface area contributed by atoms with Crippen LogP contribution in [0.2, 0.25) is 0 Å². The van der Waals surface area contributed by atoms with E-state index in [4.69, 9.17) is 19.2 Å². The van der Waals surface area contributed by atoms with Crippen LogP contribution in [0.15, 0.2) is 33.5 Å². The van der Waals surface area contributed by atoms with Gasteiger partial charge in [-0.1, -0.05) is 13.0 Å². The van der Waals surface area contributed by atoms with Gasteiger partial charge in [0.2, 0.25) is 5.91 Å². The number of likely N-dealkylation sites (tertiary alicyclic amines) is 1. The molecule has 4 heterocycles. The molecule has 1 amide bonds. The van der Waals surface area contributed by atoms with Gasteiger partial charge in [-0.25, -0.2) is 0 Å². The number of alkyl halides is 3. The second-order valence-corrected chi connectivity index (χ2v) is 8.71. The summed E-state index contributed by atoms with van der Waals surface area (Å²) in [6.07, 6.45) is 0.761. The van der Waals surface area contributed by atoms with E-state index in [-0.39, 0.29) is 36.0 Å². The van der Waals surface area contributed by atoms with Crippen molar-refractivity contribution in [2.45, 2.75) is 44.5 Å². The van der Waals surface area contributed by atoms with E-state index in [1.807, 2.05) is 19.2 Å². The van der Waals surface area contributed by atoms with Crippen LogP contribution in [0.1, 0.15) is 19.8 Å². The third kappa shape index (κ3) is 5.21. The fraction of sp³-hybridized carbons (Fsp3) is 0.682. The Balaban J connectivity index is 1.49. The largest absolute Gasteiger partial charge is 0.411 e. The van der Waals surface area contributed by atoms with Gasteiger partial charge < -0.3 is 19.1 Å². The number of rotatable bonds is 6. The highest BCUT2D eigenvalue weighted by molar-refractivity contribution is 6.13. The van der Waals surface area contributed by atoms with Crippen molar-refractivity contribution in [1.29, 1.82) is 0 Å². The van der Waals surface area contributed by atoms with Gasteiger partial charge >= 0.3 is 6.18 Å². The zero-order valence-corrected chi connectivity index (χ0v) is 18.8. The van der Waals surface area contributed by atoms with Crippen LogP contribution < -0.4 is 5.32 Å². The first-order valence-electron chi connectivity index (χ1n) is 11.0. The standard InChI is InChI=1S/C22H29F3N4O4/c1-12-6-15(13-7-17(31-2)20(32-3)27-9-13)28-16-10-29(21(30)19(12)16)14-4-5-26-18(8-14)33-11-22(23,24)25/h6,8-9,12-13,17-20,26H,4-5,7,10-11H2,1-3H3. The summed E-state index contributed by atoms with van der Waals surface area (Å²) >= 11 is 0. The molecular formula is C22H29F3N4O4. The lowest BCUT2D eigenvalue weighted by atomic mass is 9.84. The fourth-order valence-electron chi connectivity index (χ4n) is 4.81. The highest BCUT2D eigenvalue weighted by Gasteiger charge is 2.44. The minimum absolute atomic E-state index is 0.0420. The molecule has 1 saturated heterocycles. The molecule has 0 aliphatic carbocycles. The van der Waals surface area contributed by atoms with E-state index in [1.54, 1.807) is 25.2 Å². The van der Waals surface area contributed by atoms with Gasteiger partial charge in [0.1, 0.15) is 18.9 Å². The van der Waals surface area contributed by atoms with Crippen LogP contribution >= 0.6 is 0 Å². The highest BCUT2D eigenvalue weighted by atomic mass is 19.4. The minimum atomic E-state index is -4.41. The molecule has 1 N–H and O–H groups in total. The third-order valence-corrected chi connectivity index (χ3v) is 6.43. The maximum Gasteiger partial charge on any atom is 0.411 e. The number of hydrogen-bond donors (Lipinski definition) is 1. The highest BCUT2D eigenvalue weighted by Crippen LogP contribution is 2.36. The molecule has 4 aliphatic heterocycles. The molecule has 0 spiro atoms. The summed E-state index contributed by atoms with van der Waals surface area (Å²) in [7, 11) is 3.22. The first-order chi connectivity index (χ1) is 15.7. The Kier molecular flexibility index (Phi) is 7.04. The van der Waals surface area contributed by atoms with Crippen molar-refractivity contribution in [3.63, 3.8) is 0 Å². The molecule has 4 aliphatic rings. The summed E-state index contributed by atoms with van der Waals surface area (Å²) in [5.74, 6) is -0.547. The van der Waals surface area contributed by atoms with E-state index in [2.05, 4.69) is 10.3 Å². The number of nitrogens with one attached hydrogen (secondary N) is 1. The molecule has 0 aromatic heterocycles.